The quantitative estimate of drug-likeness (QED) is 0.488. The molecule has 0 aliphatic carbocycles. The van der Waals surface area contributed by atoms with Crippen molar-refractivity contribution >= 4 is 17.2 Å². The van der Waals surface area contributed by atoms with Crippen LogP contribution in [0.3, 0.4) is 0 Å². The van der Waals surface area contributed by atoms with E-state index in [0.29, 0.717) is 5.69 Å². The number of halogens is 2. The Hall–Kier alpha value is -3.93. The number of carbonyl (C=O) groups is 1. The number of primary amides is 1. The van der Waals surface area contributed by atoms with Gasteiger partial charge in [0, 0.05) is 12.3 Å². The summed E-state index contributed by atoms with van der Waals surface area (Å²) in [7, 11) is 0. The maximum Gasteiger partial charge on any atom is 0.350 e. The largest absolute Gasteiger partial charge is 0.442 e. The van der Waals surface area contributed by atoms with E-state index in [1.54, 1.807) is 6.92 Å². The fraction of sp³-hybridized carbons (Fsp3) is 0.105. The molecule has 158 valence electrons. The van der Waals surface area contributed by atoms with Crippen molar-refractivity contribution in [1.29, 1.82) is 0 Å². The van der Waals surface area contributed by atoms with Gasteiger partial charge in [0.05, 0.1) is 23.6 Å². The Morgan fingerprint density at radius 3 is 2.74 bits per heavy atom. The molecule has 3 heterocycles. The van der Waals surface area contributed by atoms with Gasteiger partial charge >= 0.3 is 5.69 Å². The van der Waals surface area contributed by atoms with Gasteiger partial charge in [-0.05, 0) is 31.2 Å². The predicted octanol–water partition coefficient (Wildman–Crippen LogP) is 2.41. The number of aromatic nitrogens is 5. The van der Waals surface area contributed by atoms with Crippen LogP contribution in [0.4, 0.5) is 8.78 Å². The second kappa shape index (κ2) is 8.07. The van der Waals surface area contributed by atoms with Crippen LogP contribution in [0.15, 0.2) is 47.7 Å². The van der Waals surface area contributed by atoms with Crippen LogP contribution in [0, 0.1) is 18.6 Å². The van der Waals surface area contributed by atoms with Crippen molar-refractivity contribution in [1.82, 2.24) is 24.3 Å². The molecule has 4 rings (SSSR count). The first-order valence-corrected chi connectivity index (χ1v) is 9.64. The lowest BCUT2D eigenvalue weighted by Crippen LogP contribution is -2.24. The molecule has 0 fully saturated rings. The Bertz CT molecular complexity index is 1350. The van der Waals surface area contributed by atoms with Crippen molar-refractivity contribution in [3.05, 3.63) is 81.4 Å². The van der Waals surface area contributed by atoms with Gasteiger partial charge in [-0.1, -0.05) is 11.3 Å². The number of thiazole rings is 1. The monoisotopic (exact) mass is 444 g/mol. The number of hydrogen-bond acceptors (Lipinski definition) is 7. The Morgan fingerprint density at radius 2 is 2.06 bits per heavy atom. The number of ether oxygens (including phenoxy) is 1. The summed E-state index contributed by atoms with van der Waals surface area (Å²) in [5.41, 5.74) is 5.21. The lowest BCUT2D eigenvalue weighted by atomic mass is 10.3. The molecule has 0 atom stereocenters. The normalized spacial score (nSPS) is 10.9. The number of carbonyl (C=O) groups excluding carboxylic acids is 1. The van der Waals surface area contributed by atoms with Crippen molar-refractivity contribution in [3.63, 3.8) is 0 Å². The molecule has 4 aromatic rings. The van der Waals surface area contributed by atoms with E-state index in [2.05, 4.69) is 15.1 Å². The van der Waals surface area contributed by atoms with Crippen molar-refractivity contribution in [3.8, 4) is 16.5 Å². The van der Waals surface area contributed by atoms with Gasteiger partial charge in [0.25, 0.3) is 5.91 Å². The van der Waals surface area contributed by atoms with Crippen LogP contribution < -0.4 is 16.2 Å². The third-order valence-corrected chi connectivity index (χ3v) is 5.27. The van der Waals surface area contributed by atoms with Crippen LogP contribution >= 0.6 is 11.3 Å². The first-order chi connectivity index (χ1) is 14.8. The molecule has 0 saturated heterocycles. The van der Waals surface area contributed by atoms with E-state index in [-0.39, 0.29) is 33.7 Å². The van der Waals surface area contributed by atoms with Crippen LogP contribution in [-0.2, 0) is 6.54 Å². The van der Waals surface area contributed by atoms with Gasteiger partial charge in [-0.15, -0.1) is 0 Å². The molecule has 0 spiro atoms. The molecule has 1 aromatic carbocycles. The Kier molecular flexibility index (Phi) is 5.29. The van der Waals surface area contributed by atoms with E-state index in [4.69, 9.17) is 10.5 Å². The number of pyridine rings is 1. The summed E-state index contributed by atoms with van der Waals surface area (Å²) < 4.78 is 36.0. The van der Waals surface area contributed by atoms with Gasteiger partial charge in [-0.25, -0.2) is 18.6 Å². The molecule has 0 bridgehead atoms. The number of nitrogens with zero attached hydrogens (tertiary/aromatic N) is 5. The average molecular weight is 444 g/mol. The van der Waals surface area contributed by atoms with Crippen LogP contribution in [0.1, 0.15) is 21.2 Å². The first kappa shape index (κ1) is 20.3. The summed E-state index contributed by atoms with van der Waals surface area (Å²) in [5.74, 6) is -2.15. The predicted molar refractivity (Wildman–Crippen MR) is 107 cm³/mol. The molecular formula is C19H14F2N6O3S. The molecule has 3 aromatic heterocycles. The topological polar surface area (TPSA) is 118 Å². The molecule has 0 radical (unpaired) electrons. The molecule has 12 heteroatoms. The lowest BCUT2D eigenvalue weighted by molar-refractivity contribution is 0.1000. The summed E-state index contributed by atoms with van der Waals surface area (Å²) >= 11 is 0.898. The third kappa shape index (κ3) is 4.05. The molecule has 31 heavy (non-hydrogen) atoms. The van der Waals surface area contributed by atoms with Gasteiger partial charge in [-0.3, -0.25) is 14.3 Å². The highest BCUT2D eigenvalue weighted by Gasteiger charge is 2.17. The van der Waals surface area contributed by atoms with Crippen LogP contribution in [0.2, 0.25) is 0 Å². The highest BCUT2D eigenvalue weighted by molar-refractivity contribution is 7.15. The van der Waals surface area contributed by atoms with E-state index in [0.717, 1.165) is 26.7 Å². The maximum absolute atomic E-state index is 14.6. The zero-order valence-electron chi connectivity index (χ0n) is 16.0. The van der Waals surface area contributed by atoms with Crippen molar-refractivity contribution in [2.24, 2.45) is 5.73 Å². The highest BCUT2D eigenvalue weighted by Crippen LogP contribution is 2.33. The lowest BCUT2D eigenvalue weighted by Gasteiger charge is -2.07. The molecule has 1 amide bonds. The molecule has 0 saturated carbocycles. The van der Waals surface area contributed by atoms with Crippen molar-refractivity contribution in [2.45, 2.75) is 13.5 Å². The van der Waals surface area contributed by atoms with Gasteiger partial charge in [-0.2, -0.15) is 9.78 Å². The van der Waals surface area contributed by atoms with Crippen LogP contribution in [-0.4, -0.2) is 30.2 Å². The van der Waals surface area contributed by atoms with Crippen molar-refractivity contribution in [2.75, 3.05) is 0 Å². The third-order valence-electron chi connectivity index (χ3n) is 4.22. The van der Waals surface area contributed by atoms with E-state index in [1.807, 2.05) is 0 Å². The van der Waals surface area contributed by atoms with Gasteiger partial charge in [0.2, 0.25) is 5.06 Å². The molecule has 0 aliphatic heterocycles. The summed E-state index contributed by atoms with van der Waals surface area (Å²) in [6, 6.07) is 6.51. The minimum Gasteiger partial charge on any atom is -0.442 e. The van der Waals surface area contributed by atoms with Crippen LogP contribution in [0.25, 0.3) is 5.69 Å². The Morgan fingerprint density at radius 1 is 1.26 bits per heavy atom. The number of aryl methyl sites for hydroxylation is 1. The average Bonchev–Trinajstić information content (AvgIpc) is 3.28. The minimum atomic E-state index is -0.761. The second-order valence-electron chi connectivity index (χ2n) is 6.36. The van der Waals surface area contributed by atoms with Gasteiger partial charge in [0.1, 0.15) is 12.1 Å². The SMILES string of the molecule is Cc1nc(C(N)=O)sc1Oc1ccc(-n2ncn(Cc3ncccc3F)c2=O)cc1F. The summed E-state index contributed by atoms with van der Waals surface area (Å²) in [6.45, 7) is 1.48. The summed E-state index contributed by atoms with van der Waals surface area (Å²) in [5, 5.41) is 4.22. The van der Waals surface area contributed by atoms with E-state index < -0.39 is 23.2 Å². The minimum absolute atomic E-state index is 0.0472. The number of benzene rings is 1. The molecule has 9 nitrogen and oxygen atoms in total. The first-order valence-electron chi connectivity index (χ1n) is 8.82. The van der Waals surface area contributed by atoms with Gasteiger partial charge in [0.15, 0.2) is 16.6 Å². The molecular weight excluding hydrogens is 430 g/mol. The second-order valence-corrected chi connectivity index (χ2v) is 7.32. The number of amides is 1. The number of rotatable bonds is 6. The standard InChI is InChI=1S/C19H14F2N6O3S/c1-10-18(31-17(25-10)16(22)28)30-15-5-4-11(7-13(15)21)27-19(29)26(9-24-27)8-14-12(20)3-2-6-23-14/h2-7,9H,8H2,1H3,(H2,22,28). The molecule has 0 unspecified atom stereocenters. The Balaban J connectivity index is 1.59. The zero-order chi connectivity index (χ0) is 22.1. The fourth-order valence-corrected chi connectivity index (χ4v) is 3.49. The molecule has 2 N–H and O–H groups in total. The number of nitrogens with two attached hydrogens (primary N) is 1. The van der Waals surface area contributed by atoms with Crippen molar-refractivity contribution < 1.29 is 18.3 Å². The summed E-state index contributed by atoms with van der Waals surface area (Å²) in [6.07, 6.45) is 2.63. The Labute approximate surface area is 177 Å². The zero-order valence-corrected chi connectivity index (χ0v) is 16.8. The van der Waals surface area contributed by atoms with Gasteiger partial charge < -0.3 is 10.5 Å². The number of hydrogen-bond donors (Lipinski definition) is 1. The smallest absolute Gasteiger partial charge is 0.350 e. The summed E-state index contributed by atoms with van der Waals surface area (Å²) in [4.78, 5) is 31.7. The van der Waals surface area contributed by atoms with E-state index in [1.165, 1.54) is 36.8 Å². The van der Waals surface area contributed by atoms with E-state index in [9.17, 15) is 18.4 Å². The highest BCUT2D eigenvalue weighted by atomic mass is 32.1. The fourth-order valence-electron chi connectivity index (χ4n) is 2.70. The van der Waals surface area contributed by atoms with E-state index >= 15 is 0 Å². The maximum atomic E-state index is 14.6. The molecule has 0 aliphatic rings. The van der Waals surface area contributed by atoms with Crippen LogP contribution in [0.5, 0.6) is 10.8 Å².